The third-order valence-corrected chi connectivity index (χ3v) is 11.2. The summed E-state index contributed by atoms with van der Waals surface area (Å²) in [4.78, 5) is 58.2. The molecule has 17 heteroatoms. The zero-order chi connectivity index (χ0) is 43.6. The molecule has 1 aliphatic heterocycles. The van der Waals surface area contributed by atoms with Crippen LogP contribution in [0.25, 0.3) is 10.4 Å². The number of hydrogen-bond donors (Lipinski definition) is 4. The molecule has 0 radical (unpaired) electrons. The van der Waals surface area contributed by atoms with E-state index in [1.807, 2.05) is 62.7 Å². The number of halogens is 1. The number of rotatable bonds is 19. The highest BCUT2D eigenvalue weighted by atomic mass is 35.5. The monoisotopic (exact) mass is 866 g/mol. The van der Waals surface area contributed by atoms with Gasteiger partial charge in [-0.25, -0.2) is 9.78 Å². The first kappa shape index (κ1) is 45.9. The first-order valence-corrected chi connectivity index (χ1v) is 21.3. The Hall–Kier alpha value is -5.19. The van der Waals surface area contributed by atoms with Crippen LogP contribution in [-0.2, 0) is 32.1 Å². The summed E-state index contributed by atoms with van der Waals surface area (Å²) in [6.45, 7) is 11.6. The molecule has 15 nitrogen and oxygen atoms in total. The quantitative estimate of drug-likeness (QED) is 0.0766. The smallest absolute Gasteiger partial charge is 0.407 e. The van der Waals surface area contributed by atoms with Crippen LogP contribution in [-0.4, -0.2) is 87.5 Å². The second-order valence-electron chi connectivity index (χ2n) is 16.2. The maximum atomic E-state index is 14.1. The molecule has 2 aromatic carbocycles. The van der Waals surface area contributed by atoms with Gasteiger partial charge in [-0.15, -0.1) is 11.3 Å². The number of aliphatic hydroxyl groups is 1. The summed E-state index contributed by atoms with van der Waals surface area (Å²) in [6.07, 6.45) is 0.0314. The summed E-state index contributed by atoms with van der Waals surface area (Å²) >= 11 is 8.29. The van der Waals surface area contributed by atoms with Crippen LogP contribution in [0.15, 0.2) is 58.6 Å². The fourth-order valence-corrected chi connectivity index (χ4v) is 7.93. The number of ether oxygens (including phenoxy) is 3. The molecule has 1 fully saturated rings. The Balaban J connectivity index is 1.13. The van der Waals surface area contributed by atoms with E-state index in [9.17, 15) is 24.3 Å². The molecular formula is C43H55ClN6O9S. The SMILES string of the molecule is Cc1ncsc1-c1ccc(CNC(=O)[C@@H]2C[C@@H](O)CN2C(=O)C(c2cc(OCCCc3cccc(OC[C@H](CCC(N)=O)NC(=O)OC(C)(C)C)c3Cl)no2)C(C)C)cc1. The van der Waals surface area contributed by atoms with Gasteiger partial charge in [-0.2, -0.15) is 0 Å². The Kier molecular flexibility index (Phi) is 16.0. The van der Waals surface area contributed by atoms with Crippen LogP contribution >= 0.6 is 22.9 Å². The molecule has 1 unspecified atom stereocenters. The average Bonchev–Trinajstić information content (AvgIpc) is 3.93. The number of hydrogen-bond acceptors (Lipinski definition) is 12. The van der Waals surface area contributed by atoms with Crippen molar-refractivity contribution in [1.29, 1.82) is 0 Å². The van der Waals surface area contributed by atoms with Gasteiger partial charge in [-0.05, 0) is 80.8 Å². The fourth-order valence-electron chi connectivity index (χ4n) is 6.84. The van der Waals surface area contributed by atoms with E-state index in [1.54, 1.807) is 44.2 Å². The number of aryl methyl sites for hydroxylation is 2. The third-order valence-electron chi connectivity index (χ3n) is 9.82. The number of nitrogens with two attached hydrogens (primary N) is 1. The number of aromatic nitrogens is 2. The lowest BCUT2D eigenvalue weighted by Crippen LogP contribution is -2.48. The van der Waals surface area contributed by atoms with Crippen molar-refractivity contribution in [2.75, 3.05) is 19.8 Å². The van der Waals surface area contributed by atoms with E-state index in [4.69, 9.17) is 36.1 Å². The Bertz CT molecular complexity index is 2080. The summed E-state index contributed by atoms with van der Waals surface area (Å²) < 4.78 is 22.8. The molecule has 2 aromatic heterocycles. The summed E-state index contributed by atoms with van der Waals surface area (Å²) in [6, 6.07) is 13.5. The number of nitrogens with zero attached hydrogens (tertiary/aromatic N) is 3. The maximum absolute atomic E-state index is 14.1. The number of nitrogens with one attached hydrogen (secondary N) is 2. The summed E-state index contributed by atoms with van der Waals surface area (Å²) in [7, 11) is 0. The van der Waals surface area contributed by atoms with Gasteiger partial charge in [0.25, 0.3) is 5.88 Å². The lowest BCUT2D eigenvalue weighted by atomic mass is 9.91. The Labute approximate surface area is 359 Å². The largest absolute Gasteiger partial charge is 0.490 e. The minimum atomic E-state index is -0.848. The number of amides is 4. The van der Waals surface area contributed by atoms with Crippen molar-refractivity contribution in [2.24, 2.45) is 11.7 Å². The van der Waals surface area contributed by atoms with Gasteiger partial charge in [0, 0.05) is 32.0 Å². The van der Waals surface area contributed by atoms with E-state index in [0.717, 1.165) is 27.3 Å². The Morgan fingerprint density at radius 3 is 2.53 bits per heavy atom. The van der Waals surface area contributed by atoms with Gasteiger partial charge in [0.2, 0.25) is 17.7 Å². The van der Waals surface area contributed by atoms with E-state index in [0.29, 0.717) is 29.4 Å². The molecule has 1 saturated heterocycles. The molecule has 324 valence electrons. The van der Waals surface area contributed by atoms with E-state index in [2.05, 4.69) is 20.8 Å². The fraction of sp³-hybridized carbons (Fsp3) is 0.488. The van der Waals surface area contributed by atoms with Gasteiger partial charge in [0.15, 0.2) is 5.76 Å². The predicted octanol–water partition coefficient (Wildman–Crippen LogP) is 6.33. The van der Waals surface area contributed by atoms with Crippen LogP contribution in [0, 0.1) is 12.8 Å². The van der Waals surface area contributed by atoms with Gasteiger partial charge in [-0.1, -0.05) is 61.8 Å². The highest BCUT2D eigenvalue weighted by Crippen LogP contribution is 2.33. The highest BCUT2D eigenvalue weighted by molar-refractivity contribution is 7.13. The van der Waals surface area contributed by atoms with Crippen LogP contribution < -0.4 is 25.8 Å². The zero-order valence-electron chi connectivity index (χ0n) is 34.9. The number of primary amides is 1. The van der Waals surface area contributed by atoms with Crippen molar-refractivity contribution in [3.8, 4) is 22.1 Å². The molecule has 4 amide bonds. The lowest BCUT2D eigenvalue weighted by Gasteiger charge is -2.28. The standard InChI is InChI=1S/C43H55ClN6O9S/c1-25(2)37(41(54)50-22-31(51)19-32(50)40(53)46-21-27-12-14-29(15-13-27)39-26(3)47-24-60-39)34-20-36(49-59-34)56-18-8-10-28-9-7-11-33(38(28)44)57-23-30(16-17-35(45)52)48-42(55)58-43(4,5)6/h7,9,11-15,20,24-25,30-32,37,51H,8,10,16-19,21-23H2,1-6H3,(H2,45,52)(H,46,53)(H,48,55)/t30-,31+,32-,37?/m0/s1. The second-order valence-corrected chi connectivity index (χ2v) is 17.4. The zero-order valence-corrected chi connectivity index (χ0v) is 36.4. The van der Waals surface area contributed by atoms with Gasteiger partial charge in [-0.3, -0.25) is 14.4 Å². The average molecular weight is 867 g/mol. The Morgan fingerprint density at radius 2 is 1.87 bits per heavy atom. The molecule has 3 heterocycles. The molecule has 4 atom stereocenters. The number of thiazole rings is 1. The van der Waals surface area contributed by atoms with Crippen molar-refractivity contribution < 1.29 is 43.0 Å². The van der Waals surface area contributed by atoms with Crippen LogP contribution in [0.2, 0.25) is 5.02 Å². The van der Waals surface area contributed by atoms with Crippen LogP contribution in [0.5, 0.6) is 11.6 Å². The van der Waals surface area contributed by atoms with Crippen molar-refractivity contribution in [3.63, 3.8) is 0 Å². The number of benzene rings is 2. The van der Waals surface area contributed by atoms with Gasteiger partial charge >= 0.3 is 6.09 Å². The van der Waals surface area contributed by atoms with Crippen molar-refractivity contribution in [2.45, 2.75) is 110 Å². The third kappa shape index (κ3) is 12.9. The van der Waals surface area contributed by atoms with Gasteiger partial charge in [0.1, 0.15) is 29.9 Å². The van der Waals surface area contributed by atoms with Crippen LogP contribution in [0.1, 0.15) is 88.8 Å². The number of β-amino-alcohol motifs (C(OH)–C–C–N with tert-alkyl or cyclic N) is 1. The predicted molar refractivity (Wildman–Crippen MR) is 227 cm³/mol. The number of carbonyl (C=O) groups excluding carboxylic acids is 4. The maximum Gasteiger partial charge on any atom is 0.407 e. The van der Waals surface area contributed by atoms with Crippen molar-refractivity contribution in [1.82, 2.24) is 25.7 Å². The Morgan fingerprint density at radius 1 is 1.12 bits per heavy atom. The van der Waals surface area contributed by atoms with E-state index in [-0.39, 0.29) is 69.2 Å². The number of alkyl carbamates (subject to hydrolysis) is 1. The minimum Gasteiger partial charge on any atom is -0.490 e. The minimum absolute atomic E-state index is 0.0220. The normalized spacial score (nSPS) is 16.3. The van der Waals surface area contributed by atoms with Gasteiger partial charge < -0.3 is 45.1 Å². The molecule has 4 aromatic rings. The van der Waals surface area contributed by atoms with E-state index >= 15 is 0 Å². The first-order valence-electron chi connectivity index (χ1n) is 20.0. The second kappa shape index (κ2) is 20.9. The molecule has 5 N–H and O–H groups in total. The summed E-state index contributed by atoms with van der Waals surface area (Å²) in [5.74, 6) is -1.26. The first-order chi connectivity index (χ1) is 28.5. The van der Waals surface area contributed by atoms with Crippen molar-refractivity contribution in [3.05, 3.63) is 81.6 Å². The molecule has 0 bridgehead atoms. The number of aliphatic hydroxyl groups excluding tert-OH is 1. The molecular weight excluding hydrogens is 812 g/mol. The van der Waals surface area contributed by atoms with E-state index in [1.165, 1.54) is 4.90 Å². The van der Waals surface area contributed by atoms with Crippen LogP contribution in [0.3, 0.4) is 0 Å². The topological polar surface area (TPSA) is 208 Å². The van der Waals surface area contributed by atoms with Crippen molar-refractivity contribution >= 4 is 46.8 Å². The summed E-state index contributed by atoms with van der Waals surface area (Å²) in [5, 5.41) is 20.7. The highest BCUT2D eigenvalue weighted by Gasteiger charge is 2.43. The molecule has 0 spiro atoms. The molecule has 60 heavy (non-hydrogen) atoms. The number of carbonyl (C=O) groups is 4. The molecule has 0 saturated carbocycles. The number of likely N-dealkylation sites (tertiary alicyclic amines) is 1. The lowest BCUT2D eigenvalue weighted by molar-refractivity contribution is -0.141. The van der Waals surface area contributed by atoms with Crippen LogP contribution in [0.4, 0.5) is 4.79 Å². The molecule has 5 rings (SSSR count). The van der Waals surface area contributed by atoms with E-state index < -0.39 is 41.7 Å². The molecule has 0 aliphatic carbocycles. The molecule has 1 aliphatic rings. The summed E-state index contributed by atoms with van der Waals surface area (Å²) in [5.41, 5.74) is 10.2. The van der Waals surface area contributed by atoms with Gasteiger partial charge in [0.05, 0.1) is 39.9 Å².